The van der Waals surface area contributed by atoms with E-state index in [1.807, 2.05) is 22.6 Å². The van der Waals surface area contributed by atoms with E-state index in [-0.39, 0.29) is 6.61 Å². The highest BCUT2D eigenvalue weighted by Gasteiger charge is 2.30. The minimum Gasteiger partial charge on any atom is -0.376 e. The van der Waals surface area contributed by atoms with Gasteiger partial charge in [-0.15, -0.1) is 6.58 Å². The minimum absolute atomic E-state index is 0.191. The number of rotatable bonds is 5. The van der Waals surface area contributed by atoms with Crippen molar-refractivity contribution >= 4 is 22.6 Å². The van der Waals surface area contributed by atoms with Crippen LogP contribution in [-0.4, -0.2) is 6.61 Å². The zero-order valence-corrected chi connectivity index (χ0v) is 11.2. The van der Waals surface area contributed by atoms with Crippen LogP contribution in [-0.2, 0) is 17.5 Å². The molecule has 17 heavy (non-hydrogen) atoms. The first-order valence-electron chi connectivity index (χ1n) is 4.99. The molecule has 94 valence electrons. The average Bonchev–Trinajstić information content (AvgIpc) is 2.25. The van der Waals surface area contributed by atoms with E-state index in [0.717, 1.165) is 15.7 Å². The van der Waals surface area contributed by atoms with Crippen molar-refractivity contribution in [2.45, 2.75) is 19.2 Å². The maximum Gasteiger partial charge on any atom is 0.416 e. The highest BCUT2D eigenvalue weighted by molar-refractivity contribution is 14.1. The van der Waals surface area contributed by atoms with E-state index in [9.17, 15) is 13.2 Å². The second-order valence-electron chi connectivity index (χ2n) is 3.43. The third-order valence-electron chi connectivity index (χ3n) is 2.10. The molecule has 5 heteroatoms. The third-order valence-corrected chi connectivity index (χ3v) is 3.15. The predicted octanol–water partition coefficient (Wildman–Crippen LogP) is 4.40. The SMILES string of the molecule is C=CCCOCc1cc(C(F)(F)F)ccc1I. The molecule has 0 radical (unpaired) electrons. The Morgan fingerprint density at radius 2 is 2.06 bits per heavy atom. The Balaban J connectivity index is 2.73. The zero-order chi connectivity index (χ0) is 12.9. The first-order chi connectivity index (χ1) is 7.95. The quantitative estimate of drug-likeness (QED) is 0.432. The van der Waals surface area contributed by atoms with Crippen molar-refractivity contribution in [2.75, 3.05) is 6.61 Å². The zero-order valence-electron chi connectivity index (χ0n) is 9.06. The molecule has 0 unspecified atom stereocenters. The molecule has 1 aromatic carbocycles. The van der Waals surface area contributed by atoms with Gasteiger partial charge in [-0.1, -0.05) is 6.08 Å². The van der Waals surface area contributed by atoms with Crippen LogP contribution in [0, 0.1) is 3.57 Å². The Morgan fingerprint density at radius 1 is 1.35 bits per heavy atom. The molecule has 0 aliphatic carbocycles. The summed E-state index contributed by atoms with van der Waals surface area (Å²) in [5.74, 6) is 0. The summed E-state index contributed by atoms with van der Waals surface area (Å²) in [7, 11) is 0. The van der Waals surface area contributed by atoms with Crippen molar-refractivity contribution in [1.82, 2.24) is 0 Å². The van der Waals surface area contributed by atoms with Crippen LogP contribution >= 0.6 is 22.6 Å². The Hall–Kier alpha value is -0.560. The van der Waals surface area contributed by atoms with Crippen molar-refractivity contribution in [1.29, 1.82) is 0 Å². The van der Waals surface area contributed by atoms with Gasteiger partial charge in [0.1, 0.15) is 0 Å². The van der Waals surface area contributed by atoms with Crippen molar-refractivity contribution in [3.05, 3.63) is 45.6 Å². The monoisotopic (exact) mass is 356 g/mol. The molecule has 0 aliphatic rings. The van der Waals surface area contributed by atoms with E-state index in [0.29, 0.717) is 18.6 Å². The van der Waals surface area contributed by atoms with Gasteiger partial charge in [0, 0.05) is 3.57 Å². The molecule has 1 rings (SSSR count). The lowest BCUT2D eigenvalue weighted by Gasteiger charge is -2.10. The first kappa shape index (κ1) is 14.5. The fraction of sp³-hybridized carbons (Fsp3) is 0.333. The van der Waals surface area contributed by atoms with Crippen LogP contribution in [0.4, 0.5) is 13.2 Å². The lowest BCUT2D eigenvalue weighted by atomic mass is 10.1. The Morgan fingerprint density at radius 3 is 2.65 bits per heavy atom. The van der Waals surface area contributed by atoms with Crippen LogP contribution in [0.1, 0.15) is 17.5 Å². The Kier molecular flexibility index (Phi) is 5.45. The van der Waals surface area contributed by atoms with E-state index >= 15 is 0 Å². The van der Waals surface area contributed by atoms with Crippen LogP contribution in [0.3, 0.4) is 0 Å². The number of hydrogen-bond acceptors (Lipinski definition) is 1. The van der Waals surface area contributed by atoms with Crippen molar-refractivity contribution in [3.8, 4) is 0 Å². The fourth-order valence-corrected chi connectivity index (χ4v) is 1.70. The van der Waals surface area contributed by atoms with Gasteiger partial charge in [0.25, 0.3) is 0 Å². The van der Waals surface area contributed by atoms with Crippen molar-refractivity contribution in [2.24, 2.45) is 0 Å². The van der Waals surface area contributed by atoms with Crippen LogP contribution in [0.15, 0.2) is 30.9 Å². The molecule has 0 N–H and O–H groups in total. The van der Waals surface area contributed by atoms with Crippen LogP contribution in [0.2, 0.25) is 0 Å². The largest absolute Gasteiger partial charge is 0.416 e. The predicted molar refractivity (Wildman–Crippen MR) is 68.6 cm³/mol. The highest BCUT2D eigenvalue weighted by atomic mass is 127. The van der Waals surface area contributed by atoms with E-state index in [1.54, 1.807) is 6.08 Å². The summed E-state index contributed by atoms with van der Waals surface area (Å²) in [5, 5.41) is 0. The van der Waals surface area contributed by atoms with Gasteiger partial charge < -0.3 is 4.74 Å². The highest BCUT2D eigenvalue weighted by Crippen LogP contribution is 2.31. The molecule has 0 saturated carbocycles. The smallest absolute Gasteiger partial charge is 0.376 e. The molecule has 0 spiro atoms. The normalized spacial score (nSPS) is 11.5. The molecular weight excluding hydrogens is 344 g/mol. The Labute approximate surface area is 112 Å². The summed E-state index contributed by atoms with van der Waals surface area (Å²) in [4.78, 5) is 0. The minimum atomic E-state index is -4.31. The first-order valence-corrected chi connectivity index (χ1v) is 6.07. The van der Waals surface area contributed by atoms with Crippen LogP contribution < -0.4 is 0 Å². The fourth-order valence-electron chi connectivity index (χ4n) is 1.21. The summed E-state index contributed by atoms with van der Waals surface area (Å²) in [6.45, 7) is 4.20. The topological polar surface area (TPSA) is 9.23 Å². The standard InChI is InChI=1S/C12H12F3IO/c1-2-3-6-17-8-9-7-10(12(13,14)15)4-5-11(9)16/h2,4-5,7H,1,3,6,8H2. The maximum absolute atomic E-state index is 12.5. The maximum atomic E-state index is 12.5. The second-order valence-corrected chi connectivity index (χ2v) is 4.60. The number of hydrogen-bond donors (Lipinski definition) is 0. The molecule has 0 aliphatic heterocycles. The van der Waals surface area contributed by atoms with Gasteiger partial charge >= 0.3 is 6.18 Å². The van der Waals surface area contributed by atoms with E-state index in [4.69, 9.17) is 4.74 Å². The van der Waals surface area contributed by atoms with Gasteiger partial charge in [-0.2, -0.15) is 13.2 Å². The van der Waals surface area contributed by atoms with E-state index in [1.165, 1.54) is 6.07 Å². The number of halogens is 4. The van der Waals surface area contributed by atoms with Crippen LogP contribution in [0.25, 0.3) is 0 Å². The van der Waals surface area contributed by atoms with Gasteiger partial charge in [0.05, 0.1) is 18.8 Å². The number of ether oxygens (including phenoxy) is 1. The second kappa shape index (κ2) is 6.39. The molecule has 0 amide bonds. The molecule has 0 atom stereocenters. The summed E-state index contributed by atoms with van der Waals surface area (Å²) in [6.07, 6.45) is -1.91. The molecular formula is C12H12F3IO. The van der Waals surface area contributed by atoms with E-state index < -0.39 is 11.7 Å². The molecule has 0 heterocycles. The van der Waals surface area contributed by atoms with Gasteiger partial charge in [-0.3, -0.25) is 0 Å². The summed E-state index contributed by atoms with van der Waals surface area (Å²) in [5.41, 5.74) is -0.0790. The van der Waals surface area contributed by atoms with E-state index in [2.05, 4.69) is 6.58 Å². The third kappa shape index (κ3) is 4.67. The molecule has 0 saturated heterocycles. The number of benzene rings is 1. The molecule has 0 aromatic heterocycles. The van der Waals surface area contributed by atoms with Crippen molar-refractivity contribution in [3.63, 3.8) is 0 Å². The van der Waals surface area contributed by atoms with Crippen LogP contribution in [0.5, 0.6) is 0 Å². The summed E-state index contributed by atoms with van der Waals surface area (Å²) in [6, 6.07) is 3.67. The number of alkyl halides is 3. The van der Waals surface area contributed by atoms with Gasteiger partial charge in [0.2, 0.25) is 0 Å². The average molecular weight is 356 g/mol. The lowest BCUT2D eigenvalue weighted by molar-refractivity contribution is -0.137. The molecule has 0 bridgehead atoms. The molecule has 1 aromatic rings. The Bertz CT molecular complexity index is 388. The van der Waals surface area contributed by atoms with Gasteiger partial charge in [0.15, 0.2) is 0 Å². The molecule has 1 nitrogen and oxygen atoms in total. The summed E-state index contributed by atoms with van der Waals surface area (Å²) >= 11 is 2.00. The molecule has 0 fully saturated rings. The van der Waals surface area contributed by atoms with Gasteiger partial charge in [-0.05, 0) is 52.8 Å². The summed E-state index contributed by atoms with van der Waals surface area (Å²) < 4.78 is 43.5. The van der Waals surface area contributed by atoms with Gasteiger partial charge in [-0.25, -0.2) is 0 Å². The lowest BCUT2D eigenvalue weighted by Crippen LogP contribution is -2.07. The van der Waals surface area contributed by atoms with Crippen molar-refractivity contribution < 1.29 is 17.9 Å².